The smallest absolute Gasteiger partial charge is 0.273 e. The second kappa shape index (κ2) is 6.48. The number of amides is 1. The second-order valence-corrected chi connectivity index (χ2v) is 5.18. The minimum atomic E-state index is -0.189. The Kier molecular flexibility index (Phi) is 4.23. The number of carbonyl (C=O) groups is 1. The van der Waals surface area contributed by atoms with Crippen molar-refractivity contribution in [1.29, 1.82) is 0 Å². The van der Waals surface area contributed by atoms with Crippen LogP contribution < -0.4 is 10.1 Å². The molecule has 2 heterocycles. The first kappa shape index (κ1) is 15.0. The average molecular weight is 310 g/mol. The quantitative estimate of drug-likeness (QED) is 0.786. The molecule has 2 aromatic heterocycles. The van der Waals surface area contributed by atoms with Crippen LogP contribution in [0.3, 0.4) is 0 Å². The number of aromatic nitrogens is 3. The van der Waals surface area contributed by atoms with Crippen molar-refractivity contribution in [2.45, 2.75) is 19.9 Å². The summed E-state index contributed by atoms with van der Waals surface area (Å²) in [5, 5.41) is 7.97. The van der Waals surface area contributed by atoms with Gasteiger partial charge >= 0.3 is 0 Å². The SMILES string of the molecule is CCCn1nccc1C(=O)Nc1cnc2cc(OC)ccc2c1. The Morgan fingerprint density at radius 2 is 2.17 bits per heavy atom. The summed E-state index contributed by atoms with van der Waals surface area (Å²) < 4.78 is 6.89. The first-order chi connectivity index (χ1) is 11.2. The van der Waals surface area contributed by atoms with E-state index in [-0.39, 0.29) is 5.91 Å². The Labute approximate surface area is 134 Å². The molecule has 3 rings (SSSR count). The number of fused-ring (bicyclic) bond motifs is 1. The first-order valence-corrected chi connectivity index (χ1v) is 7.48. The summed E-state index contributed by atoms with van der Waals surface area (Å²) in [6.45, 7) is 2.76. The standard InChI is InChI=1S/C17H18N4O2/c1-3-8-21-16(6-7-19-21)17(22)20-13-9-12-4-5-14(23-2)10-15(12)18-11-13/h4-7,9-11H,3,8H2,1-2H3,(H,20,22). The minimum absolute atomic E-state index is 0.189. The van der Waals surface area contributed by atoms with E-state index in [0.717, 1.165) is 23.1 Å². The molecule has 0 spiro atoms. The van der Waals surface area contributed by atoms with Crippen LogP contribution in [-0.4, -0.2) is 27.8 Å². The van der Waals surface area contributed by atoms with Crippen molar-refractivity contribution in [3.8, 4) is 5.75 Å². The predicted octanol–water partition coefficient (Wildman–Crippen LogP) is 3.10. The van der Waals surface area contributed by atoms with Gasteiger partial charge in [-0.15, -0.1) is 0 Å². The molecule has 6 nitrogen and oxygen atoms in total. The van der Waals surface area contributed by atoms with E-state index < -0.39 is 0 Å². The lowest BCUT2D eigenvalue weighted by atomic mass is 10.2. The van der Waals surface area contributed by atoms with E-state index in [2.05, 4.69) is 15.4 Å². The van der Waals surface area contributed by atoms with Gasteiger partial charge in [-0.3, -0.25) is 14.5 Å². The molecule has 0 aliphatic rings. The Morgan fingerprint density at radius 3 is 2.96 bits per heavy atom. The molecular weight excluding hydrogens is 292 g/mol. The molecule has 0 unspecified atom stereocenters. The lowest BCUT2D eigenvalue weighted by Crippen LogP contribution is -2.17. The van der Waals surface area contributed by atoms with Crippen LogP contribution in [0.5, 0.6) is 5.75 Å². The zero-order chi connectivity index (χ0) is 16.2. The lowest BCUT2D eigenvalue weighted by molar-refractivity contribution is 0.101. The van der Waals surface area contributed by atoms with Gasteiger partial charge in [0, 0.05) is 24.2 Å². The number of hydrogen-bond donors (Lipinski definition) is 1. The van der Waals surface area contributed by atoms with Crippen molar-refractivity contribution >= 4 is 22.5 Å². The van der Waals surface area contributed by atoms with E-state index in [1.807, 2.05) is 31.2 Å². The zero-order valence-electron chi connectivity index (χ0n) is 13.1. The van der Waals surface area contributed by atoms with Crippen molar-refractivity contribution in [2.75, 3.05) is 12.4 Å². The number of nitrogens with one attached hydrogen (secondary N) is 1. The third-order valence-corrected chi connectivity index (χ3v) is 3.53. The highest BCUT2D eigenvalue weighted by molar-refractivity contribution is 6.03. The molecule has 0 saturated carbocycles. The number of rotatable bonds is 5. The molecule has 0 aliphatic heterocycles. The molecule has 118 valence electrons. The van der Waals surface area contributed by atoms with Crippen LogP contribution in [0.4, 0.5) is 5.69 Å². The van der Waals surface area contributed by atoms with Crippen molar-refractivity contribution in [1.82, 2.24) is 14.8 Å². The summed E-state index contributed by atoms with van der Waals surface area (Å²) in [7, 11) is 1.62. The van der Waals surface area contributed by atoms with Crippen LogP contribution in [-0.2, 0) is 6.54 Å². The average Bonchev–Trinajstić information content (AvgIpc) is 3.03. The van der Waals surface area contributed by atoms with Crippen LogP contribution in [0.15, 0.2) is 42.7 Å². The fourth-order valence-corrected chi connectivity index (χ4v) is 2.41. The van der Waals surface area contributed by atoms with Crippen LogP contribution in [0.2, 0.25) is 0 Å². The van der Waals surface area contributed by atoms with Crippen LogP contribution in [0, 0.1) is 0 Å². The number of ether oxygens (including phenoxy) is 1. The molecule has 0 radical (unpaired) electrons. The van der Waals surface area contributed by atoms with Gasteiger partial charge in [0.25, 0.3) is 5.91 Å². The van der Waals surface area contributed by atoms with E-state index in [4.69, 9.17) is 4.74 Å². The Hall–Kier alpha value is -2.89. The molecule has 23 heavy (non-hydrogen) atoms. The second-order valence-electron chi connectivity index (χ2n) is 5.18. The molecule has 0 bridgehead atoms. The van der Waals surface area contributed by atoms with Crippen molar-refractivity contribution in [3.63, 3.8) is 0 Å². The van der Waals surface area contributed by atoms with Crippen LogP contribution in [0.1, 0.15) is 23.8 Å². The van der Waals surface area contributed by atoms with Gasteiger partial charge in [0.15, 0.2) is 0 Å². The maximum Gasteiger partial charge on any atom is 0.273 e. The summed E-state index contributed by atoms with van der Waals surface area (Å²) in [6.07, 6.45) is 4.19. The third-order valence-electron chi connectivity index (χ3n) is 3.53. The van der Waals surface area contributed by atoms with Gasteiger partial charge in [-0.25, -0.2) is 0 Å². The number of methoxy groups -OCH3 is 1. The van der Waals surface area contributed by atoms with E-state index in [1.165, 1.54) is 0 Å². The van der Waals surface area contributed by atoms with Crippen molar-refractivity contribution in [3.05, 3.63) is 48.4 Å². The highest BCUT2D eigenvalue weighted by Gasteiger charge is 2.12. The molecule has 1 aromatic carbocycles. The molecule has 1 amide bonds. The van der Waals surface area contributed by atoms with E-state index in [0.29, 0.717) is 17.9 Å². The normalized spacial score (nSPS) is 10.7. The maximum atomic E-state index is 12.4. The predicted molar refractivity (Wildman–Crippen MR) is 88.8 cm³/mol. The Balaban J connectivity index is 1.83. The van der Waals surface area contributed by atoms with Crippen LogP contribution >= 0.6 is 0 Å². The van der Waals surface area contributed by atoms with Gasteiger partial charge < -0.3 is 10.1 Å². The molecule has 6 heteroatoms. The van der Waals surface area contributed by atoms with Crippen molar-refractivity contribution in [2.24, 2.45) is 0 Å². The van der Waals surface area contributed by atoms with Gasteiger partial charge in [0.05, 0.1) is 24.5 Å². The summed E-state index contributed by atoms with van der Waals surface area (Å²) in [5.41, 5.74) is 2.01. The maximum absolute atomic E-state index is 12.4. The van der Waals surface area contributed by atoms with Gasteiger partial charge in [-0.05, 0) is 30.7 Å². The third kappa shape index (κ3) is 3.15. The number of benzene rings is 1. The van der Waals surface area contributed by atoms with Gasteiger partial charge in [0.2, 0.25) is 0 Å². The van der Waals surface area contributed by atoms with Crippen molar-refractivity contribution < 1.29 is 9.53 Å². The highest BCUT2D eigenvalue weighted by atomic mass is 16.5. The van der Waals surface area contributed by atoms with Crippen LogP contribution in [0.25, 0.3) is 10.9 Å². The Morgan fingerprint density at radius 1 is 1.30 bits per heavy atom. The summed E-state index contributed by atoms with van der Waals surface area (Å²) in [5.74, 6) is 0.566. The fraction of sp³-hybridized carbons (Fsp3) is 0.235. The number of hydrogen-bond acceptors (Lipinski definition) is 4. The lowest BCUT2D eigenvalue weighted by Gasteiger charge is -2.08. The summed E-state index contributed by atoms with van der Waals surface area (Å²) >= 11 is 0. The molecule has 0 fully saturated rings. The fourth-order valence-electron chi connectivity index (χ4n) is 2.41. The molecule has 1 N–H and O–H groups in total. The number of carbonyl (C=O) groups excluding carboxylic acids is 1. The highest BCUT2D eigenvalue weighted by Crippen LogP contribution is 2.21. The largest absolute Gasteiger partial charge is 0.497 e. The molecule has 0 saturated heterocycles. The number of anilines is 1. The summed E-state index contributed by atoms with van der Waals surface area (Å²) in [4.78, 5) is 16.8. The minimum Gasteiger partial charge on any atom is -0.497 e. The van der Waals surface area contributed by atoms with Gasteiger partial charge in [-0.2, -0.15) is 5.10 Å². The number of nitrogens with zero attached hydrogens (tertiary/aromatic N) is 3. The first-order valence-electron chi connectivity index (χ1n) is 7.48. The molecule has 0 aliphatic carbocycles. The zero-order valence-corrected chi connectivity index (χ0v) is 13.1. The molecule has 3 aromatic rings. The van der Waals surface area contributed by atoms with Gasteiger partial charge in [0.1, 0.15) is 11.4 Å². The topological polar surface area (TPSA) is 69.0 Å². The van der Waals surface area contributed by atoms with E-state index in [9.17, 15) is 4.79 Å². The Bertz CT molecular complexity index is 841. The monoisotopic (exact) mass is 310 g/mol. The number of aryl methyl sites for hydroxylation is 1. The van der Waals surface area contributed by atoms with Gasteiger partial charge in [-0.1, -0.05) is 6.92 Å². The van der Waals surface area contributed by atoms with E-state index >= 15 is 0 Å². The number of pyridine rings is 1. The van der Waals surface area contributed by atoms with E-state index in [1.54, 1.807) is 30.3 Å². The molecule has 0 atom stereocenters. The summed E-state index contributed by atoms with van der Waals surface area (Å²) in [6, 6.07) is 9.24. The molecular formula is C17H18N4O2.